The number of carbonyl (C=O) groups excluding carboxylic acids is 2. The SMILES string of the molecule is CC(C)=CCC(C)(C)C(=O)C(C)C.CCOC(=O)C(C)CC. The average Bonchev–Trinajstić information content (AvgIpc) is 2.44. The van der Waals surface area contributed by atoms with Crippen LogP contribution in [0.1, 0.15) is 75.2 Å². The summed E-state index contributed by atoms with van der Waals surface area (Å²) in [5.41, 5.74) is 1.08. The van der Waals surface area contributed by atoms with Crippen LogP contribution in [0, 0.1) is 17.3 Å². The molecule has 0 aliphatic carbocycles. The molecule has 1 atom stereocenters. The fourth-order valence-corrected chi connectivity index (χ4v) is 1.79. The fraction of sp³-hybridized carbons (Fsp3) is 0.789. The summed E-state index contributed by atoms with van der Waals surface area (Å²) in [6.45, 7) is 18.3. The van der Waals surface area contributed by atoms with Crippen LogP contribution in [-0.4, -0.2) is 18.4 Å². The van der Waals surface area contributed by atoms with E-state index in [-0.39, 0.29) is 23.2 Å². The van der Waals surface area contributed by atoms with Crippen LogP contribution in [0.15, 0.2) is 11.6 Å². The molecule has 0 heterocycles. The second kappa shape index (κ2) is 11.4. The minimum Gasteiger partial charge on any atom is -0.466 e. The summed E-state index contributed by atoms with van der Waals surface area (Å²) >= 11 is 0. The molecule has 0 bridgehead atoms. The van der Waals surface area contributed by atoms with E-state index in [1.54, 1.807) is 0 Å². The van der Waals surface area contributed by atoms with Crippen molar-refractivity contribution in [2.45, 2.75) is 75.2 Å². The zero-order chi connectivity index (χ0) is 17.9. The Morgan fingerprint density at radius 2 is 1.59 bits per heavy atom. The summed E-state index contributed by atoms with van der Waals surface area (Å²) in [6, 6.07) is 0. The van der Waals surface area contributed by atoms with Crippen LogP contribution < -0.4 is 0 Å². The first kappa shape index (κ1) is 23.2. The fourth-order valence-electron chi connectivity index (χ4n) is 1.79. The average molecular weight is 312 g/mol. The van der Waals surface area contributed by atoms with Crippen molar-refractivity contribution < 1.29 is 14.3 Å². The third-order valence-electron chi connectivity index (χ3n) is 3.51. The Morgan fingerprint density at radius 1 is 1.09 bits per heavy atom. The van der Waals surface area contributed by atoms with E-state index in [2.05, 4.69) is 19.9 Å². The van der Waals surface area contributed by atoms with E-state index in [1.165, 1.54) is 5.57 Å². The molecule has 0 aliphatic heterocycles. The van der Waals surface area contributed by atoms with Gasteiger partial charge in [0.05, 0.1) is 12.5 Å². The molecule has 0 saturated heterocycles. The molecule has 3 heteroatoms. The largest absolute Gasteiger partial charge is 0.466 e. The maximum absolute atomic E-state index is 11.7. The highest BCUT2D eigenvalue weighted by atomic mass is 16.5. The van der Waals surface area contributed by atoms with Crippen molar-refractivity contribution in [3.8, 4) is 0 Å². The normalized spacial score (nSPS) is 12.1. The lowest BCUT2D eigenvalue weighted by Gasteiger charge is -2.23. The van der Waals surface area contributed by atoms with Crippen LogP contribution in [0.2, 0.25) is 0 Å². The van der Waals surface area contributed by atoms with Crippen molar-refractivity contribution in [2.75, 3.05) is 6.61 Å². The van der Waals surface area contributed by atoms with Gasteiger partial charge in [-0.2, -0.15) is 0 Å². The molecule has 0 amide bonds. The highest BCUT2D eigenvalue weighted by molar-refractivity contribution is 5.85. The van der Waals surface area contributed by atoms with Crippen LogP contribution in [0.3, 0.4) is 0 Å². The van der Waals surface area contributed by atoms with E-state index in [9.17, 15) is 9.59 Å². The molecule has 0 aromatic heterocycles. The van der Waals surface area contributed by atoms with Crippen molar-refractivity contribution in [3.63, 3.8) is 0 Å². The van der Waals surface area contributed by atoms with E-state index >= 15 is 0 Å². The highest BCUT2D eigenvalue weighted by Gasteiger charge is 2.27. The highest BCUT2D eigenvalue weighted by Crippen LogP contribution is 2.26. The monoisotopic (exact) mass is 312 g/mol. The standard InChI is InChI=1S/C12H22O.C7H14O2/c1-9(2)7-8-12(5,6)11(13)10(3)4;1-4-6(3)7(8)9-5-2/h7,10H,8H2,1-6H3;6H,4-5H2,1-3H3. The molecule has 0 spiro atoms. The summed E-state index contributed by atoms with van der Waals surface area (Å²) in [6.07, 6.45) is 3.85. The van der Waals surface area contributed by atoms with Gasteiger partial charge in [-0.3, -0.25) is 9.59 Å². The third-order valence-corrected chi connectivity index (χ3v) is 3.51. The van der Waals surface area contributed by atoms with Crippen molar-refractivity contribution in [3.05, 3.63) is 11.6 Å². The number of ketones is 1. The Labute approximate surface area is 137 Å². The van der Waals surface area contributed by atoms with Gasteiger partial charge in [-0.05, 0) is 33.6 Å². The lowest BCUT2D eigenvalue weighted by Crippen LogP contribution is -2.27. The Kier molecular flexibility index (Phi) is 12.0. The van der Waals surface area contributed by atoms with Crippen LogP contribution in [0.4, 0.5) is 0 Å². The molecule has 0 rings (SSSR count). The molecule has 0 aliphatic rings. The Bertz CT molecular complexity index is 361. The first-order valence-electron chi connectivity index (χ1n) is 8.33. The van der Waals surface area contributed by atoms with Crippen LogP contribution in [0.5, 0.6) is 0 Å². The zero-order valence-corrected chi connectivity index (χ0v) is 16.1. The Hall–Kier alpha value is -1.12. The van der Waals surface area contributed by atoms with Gasteiger partial charge in [0.15, 0.2) is 0 Å². The first-order valence-corrected chi connectivity index (χ1v) is 8.33. The molecule has 0 radical (unpaired) electrons. The second-order valence-corrected chi connectivity index (χ2v) is 6.95. The lowest BCUT2D eigenvalue weighted by molar-refractivity contribution is -0.147. The summed E-state index contributed by atoms with van der Waals surface area (Å²) in [7, 11) is 0. The van der Waals surface area contributed by atoms with Crippen LogP contribution in [0.25, 0.3) is 0 Å². The molecular weight excluding hydrogens is 276 g/mol. The third kappa shape index (κ3) is 10.6. The van der Waals surface area contributed by atoms with E-state index < -0.39 is 0 Å². The molecular formula is C19H36O3. The van der Waals surface area contributed by atoms with Crippen LogP contribution >= 0.6 is 0 Å². The van der Waals surface area contributed by atoms with Crippen molar-refractivity contribution in [1.29, 1.82) is 0 Å². The molecule has 3 nitrogen and oxygen atoms in total. The second-order valence-electron chi connectivity index (χ2n) is 6.95. The zero-order valence-electron chi connectivity index (χ0n) is 16.1. The Balaban J connectivity index is 0. The molecule has 0 N–H and O–H groups in total. The van der Waals surface area contributed by atoms with E-state index in [0.717, 1.165) is 12.8 Å². The van der Waals surface area contributed by atoms with E-state index in [4.69, 9.17) is 4.74 Å². The smallest absolute Gasteiger partial charge is 0.308 e. The number of esters is 1. The molecule has 0 aromatic carbocycles. The topological polar surface area (TPSA) is 43.4 Å². The van der Waals surface area contributed by atoms with E-state index in [1.807, 2.05) is 48.5 Å². The molecule has 130 valence electrons. The van der Waals surface area contributed by atoms with Crippen molar-refractivity contribution >= 4 is 11.8 Å². The summed E-state index contributed by atoms with van der Waals surface area (Å²) < 4.78 is 4.76. The summed E-state index contributed by atoms with van der Waals surface area (Å²) in [5.74, 6) is 0.468. The number of carbonyl (C=O) groups is 2. The Morgan fingerprint density at radius 3 is 1.91 bits per heavy atom. The van der Waals surface area contributed by atoms with Gasteiger partial charge in [-0.1, -0.05) is 53.2 Å². The number of rotatable bonds is 7. The van der Waals surface area contributed by atoms with Crippen molar-refractivity contribution in [2.24, 2.45) is 17.3 Å². The van der Waals surface area contributed by atoms with Gasteiger partial charge in [-0.25, -0.2) is 0 Å². The van der Waals surface area contributed by atoms with Gasteiger partial charge in [-0.15, -0.1) is 0 Å². The lowest BCUT2D eigenvalue weighted by atomic mass is 9.79. The van der Waals surface area contributed by atoms with Gasteiger partial charge < -0.3 is 4.74 Å². The minimum atomic E-state index is -0.203. The minimum absolute atomic E-state index is 0.0601. The van der Waals surface area contributed by atoms with Gasteiger partial charge in [0.1, 0.15) is 5.78 Å². The first-order chi connectivity index (χ1) is 9.99. The van der Waals surface area contributed by atoms with Crippen LogP contribution in [-0.2, 0) is 14.3 Å². The molecule has 0 fully saturated rings. The molecule has 22 heavy (non-hydrogen) atoms. The van der Waals surface area contributed by atoms with E-state index in [0.29, 0.717) is 12.4 Å². The number of ether oxygens (including phenoxy) is 1. The number of hydrogen-bond donors (Lipinski definition) is 0. The van der Waals surface area contributed by atoms with Gasteiger partial charge in [0.2, 0.25) is 0 Å². The molecule has 0 saturated carbocycles. The number of hydrogen-bond acceptors (Lipinski definition) is 3. The van der Waals surface area contributed by atoms with Gasteiger partial charge >= 0.3 is 5.97 Å². The maximum Gasteiger partial charge on any atom is 0.308 e. The maximum atomic E-state index is 11.7. The predicted molar refractivity (Wildman–Crippen MR) is 93.8 cm³/mol. The van der Waals surface area contributed by atoms with Gasteiger partial charge in [0.25, 0.3) is 0 Å². The summed E-state index contributed by atoms with van der Waals surface area (Å²) in [5, 5.41) is 0. The predicted octanol–water partition coefficient (Wildman–Crippen LogP) is 5.19. The molecule has 0 aromatic rings. The number of Topliss-reactive ketones (excluding diaryl/α,β-unsaturated/α-hetero) is 1. The molecule has 1 unspecified atom stereocenters. The van der Waals surface area contributed by atoms with Gasteiger partial charge in [0, 0.05) is 11.3 Å². The van der Waals surface area contributed by atoms with Crippen molar-refractivity contribution in [1.82, 2.24) is 0 Å². The number of allylic oxidation sites excluding steroid dienone is 2. The summed E-state index contributed by atoms with van der Waals surface area (Å²) in [4.78, 5) is 22.5. The quantitative estimate of drug-likeness (QED) is 0.480.